The van der Waals surface area contributed by atoms with Gasteiger partial charge in [0.1, 0.15) is 11.4 Å². The lowest BCUT2D eigenvalue weighted by Crippen LogP contribution is -2.30. The summed E-state index contributed by atoms with van der Waals surface area (Å²) < 4.78 is 5.53. The monoisotopic (exact) mass is 154 g/mol. The quantitative estimate of drug-likeness (QED) is 0.577. The molecule has 0 amide bonds. The SMILES string of the molecule is CCC1=CC(=O)CC(C)(C)O1. The molecule has 0 unspecified atom stereocenters. The average Bonchev–Trinajstić information content (AvgIpc) is 1.83. The Kier molecular flexibility index (Phi) is 2.03. The van der Waals surface area contributed by atoms with Crippen LogP contribution in [-0.2, 0) is 9.53 Å². The van der Waals surface area contributed by atoms with E-state index in [0.717, 1.165) is 12.2 Å². The molecule has 0 saturated carbocycles. The largest absolute Gasteiger partial charge is 0.492 e. The summed E-state index contributed by atoms with van der Waals surface area (Å²) in [5.41, 5.74) is -0.294. The summed E-state index contributed by atoms with van der Waals surface area (Å²) in [7, 11) is 0. The molecular weight excluding hydrogens is 140 g/mol. The first-order chi connectivity index (χ1) is 5.03. The van der Waals surface area contributed by atoms with E-state index in [-0.39, 0.29) is 11.4 Å². The Morgan fingerprint density at radius 1 is 1.64 bits per heavy atom. The van der Waals surface area contributed by atoms with E-state index in [0.29, 0.717) is 6.42 Å². The molecule has 1 aliphatic heterocycles. The smallest absolute Gasteiger partial charge is 0.162 e. The maximum absolute atomic E-state index is 11.1. The lowest BCUT2D eigenvalue weighted by atomic mass is 9.98. The van der Waals surface area contributed by atoms with Gasteiger partial charge in [-0.25, -0.2) is 0 Å². The highest BCUT2D eigenvalue weighted by Gasteiger charge is 2.27. The highest BCUT2D eigenvalue weighted by Crippen LogP contribution is 2.25. The summed E-state index contributed by atoms with van der Waals surface area (Å²) in [5.74, 6) is 0.990. The molecule has 0 saturated heterocycles. The second kappa shape index (κ2) is 2.68. The zero-order valence-corrected chi connectivity index (χ0v) is 7.31. The van der Waals surface area contributed by atoms with Gasteiger partial charge in [0.05, 0.1) is 0 Å². The van der Waals surface area contributed by atoms with Crippen molar-refractivity contribution in [1.29, 1.82) is 0 Å². The van der Waals surface area contributed by atoms with Crippen LogP contribution in [0.25, 0.3) is 0 Å². The fourth-order valence-electron chi connectivity index (χ4n) is 1.24. The second-order valence-electron chi connectivity index (χ2n) is 3.47. The van der Waals surface area contributed by atoms with Crippen LogP contribution in [0.4, 0.5) is 0 Å². The molecule has 0 N–H and O–H groups in total. The highest BCUT2D eigenvalue weighted by atomic mass is 16.5. The van der Waals surface area contributed by atoms with Crippen molar-refractivity contribution in [2.24, 2.45) is 0 Å². The van der Waals surface area contributed by atoms with E-state index in [9.17, 15) is 4.79 Å². The summed E-state index contributed by atoms with van der Waals surface area (Å²) in [6.45, 7) is 5.86. The van der Waals surface area contributed by atoms with E-state index in [2.05, 4.69) is 0 Å². The van der Waals surface area contributed by atoms with E-state index < -0.39 is 0 Å². The number of rotatable bonds is 1. The van der Waals surface area contributed by atoms with Gasteiger partial charge in [-0.15, -0.1) is 0 Å². The Bertz CT molecular complexity index is 202. The van der Waals surface area contributed by atoms with Crippen LogP contribution in [0.2, 0.25) is 0 Å². The van der Waals surface area contributed by atoms with E-state index in [1.54, 1.807) is 6.08 Å². The molecule has 0 aromatic heterocycles. The molecule has 1 rings (SSSR count). The minimum atomic E-state index is -0.294. The van der Waals surface area contributed by atoms with Crippen molar-refractivity contribution in [2.75, 3.05) is 0 Å². The molecule has 0 fully saturated rings. The molecule has 0 aliphatic carbocycles. The summed E-state index contributed by atoms with van der Waals surface area (Å²) in [6.07, 6.45) is 2.90. The minimum absolute atomic E-state index is 0.179. The van der Waals surface area contributed by atoms with Crippen LogP contribution in [0.5, 0.6) is 0 Å². The lowest BCUT2D eigenvalue weighted by Gasteiger charge is -2.30. The van der Waals surface area contributed by atoms with Crippen molar-refractivity contribution >= 4 is 5.78 Å². The van der Waals surface area contributed by atoms with Crippen molar-refractivity contribution in [3.63, 3.8) is 0 Å². The molecule has 0 bridgehead atoms. The molecule has 1 heterocycles. The first kappa shape index (κ1) is 8.31. The Labute approximate surface area is 67.2 Å². The molecule has 1 aliphatic rings. The summed E-state index contributed by atoms with van der Waals surface area (Å²) in [4.78, 5) is 11.1. The van der Waals surface area contributed by atoms with Gasteiger partial charge in [0.25, 0.3) is 0 Å². The number of carbonyl (C=O) groups excluding carboxylic acids is 1. The molecule has 2 heteroatoms. The van der Waals surface area contributed by atoms with Crippen LogP contribution in [0.3, 0.4) is 0 Å². The molecule has 0 spiro atoms. The Balaban J connectivity index is 2.78. The maximum Gasteiger partial charge on any atom is 0.162 e. The zero-order chi connectivity index (χ0) is 8.48. The first-order valence-corrected chi connectivity index (χ1v) is 3.96. The van der Waals surface area contributed by atoms with E-state index in [1.165, 1.54) is 0 Å². The molecule has 0 aromatic rings. The third kappa shape index (κ3) is 2.07. The van der Waals surface area contributed by atoms with Crippen molar-refractivity contribution < 1.29 is 9.53 Å². The number of hydrogen-bond donors (Lipinski definition) is 0. The van der Waals surface area contributed by atoms with Gasteiger partial charge in [-0.05, 0) is 13.8 Å². The van der Waals surface area contributed by atoms with Crippen molar-refractivity contribution in [3.8, 4) is 0 Å². The third-order valence-electron chi connectivity index (χ3n) is 1.68. The van der Waals surface area contributed by atoms with Gasteiger partial charge in [-0.3, -0.25) is 4.79 Å². The van der Waals surface area contributed by atoms with Crippen molar-refractivity contribution in [2.45, 2.75) is 39.2 Å². The van der Waals surface area contributed by atoms with Gasteiger partial charge in [-0.2, -0.15) is 0 Å². The average molecular weight is 154 g/mol. The van der Waals surface area contributed by atoms with Crippen molar-refractivity contribution in [3.05, 3.63) is 11.8 Å². The van der Waals surface area contributed by atoms with Crippen LogP contribution in [0.1, 0.15) is 33.6 Å². The summed E-state index contributed by atoms with van der Waals surface area (Å²) >= 11 is 0. The maximum atomic E-state index is 11.1. The minimum Gasteiger partial charge on any atom is -0.492 e. The van der Waals surface area contributed by atoms with E-state index in [4.69, 9.17) is 4.74 Å². The van der Waals surface area contributed by atoms with E-state index in [1.807, 2.05) is 20.8 Å². The standard InChI is InChI=1S/C9H14O2/c1-4-8-5-7(10)6-9(2,3)11-8/h5H,4,6H2,1-3H3. The predicted molar refractivity (Wildman–Crippen MR) is 43.2 cm³/mol. The number of hydrogen-bond acceptors (Lipinski definition) is 2. The van der Waals surface area contributed by atoms with Crippen LogP contribution >= 0.6 is 0 Å². The fraction of sp³-hybridized carbons (Fsp3) is 0.667. The number of allylic oxidation sites excluding steroid dienone is 2. The van der Waals surface area contributed by atoms with E-state index >= 15 is 0 Å². The molecule has 11 heavy (non-hydrogen) atoms. The Hall–Kier alpha value is -0.790. The molecule has 0 aromatic carbocycles. The topological polar surface area (TPSA) is 26.3 Å². The molecular formula is C9H14O2. The highest BCUT2D eigenvalue weighted by molar-refractivity contribution is 5.91. The second-order valence-corrected chi connectivity index (χ2v) is 3.47. The van der Waals surface area contributed by atoms with Gasteiger partial charge in [-0.1, -0.05) is 6.92 Å². The molecule has 0 radical (unpaired) electrons. The molecule has 2 nitrogen and oxygen atoms in total. The molecule has 62 valence electrons. The first-order valence-electron chi connectivity index (χ1n) is 3.96. The predicted octanol–water partition coefficient (Wildman–Crippen LogP) is 2.05. The van der Waals surface area contributed by atoms with Gasteiger partial charge >= 0.3 is 0 Å². The normalized spacial score (nSPS) is 22.5. The van der Waals surface area contributed by atoms with Crippen LogP contribution in [0, 0.1) is 0 Å². The van der Waals surface area contributed by atoms with Gasteiger partial charge in [0.15, 0.2) is 5.78 Å². The fourth-order valence-corrected chi connectivity index (χ4v) is 1.24. The number of carbonyl (C=O) groups is 1. The van der Waals surface area contributed by atoms with Gasteiger partial charge in [0.2, 0.25) is 0 Å². The number of ether oxygens (including phenoxy) is 1. The third-order valence-corrected chi connectivity index (χ3v) is 1.68. The zero-order valence-electron chi connectivity index (χ0n) is 7.31. The van der Waals surface area contributed by atoms with Crippen LogP contribution in [0.15, 0.2) is 11.8 Å². The Morgan fingerprint density at radius 2 is 2.27 bits per heavy atom. The van der Waals surface area contributed by atoms with Gasteiger partial charge in [0, 0.05) is 18.9 Å². The number of ketones is 1. The Morgan fingerprint density at radius 3 is 2.73 bits per heavy atom. The summed E-state index contributed by atoms with van der Waals surface area (Å²) in [6, 6.07) is 0. The summed E-state index contributed by atoms with van der Waals surface area (Å²) in [5, 5.41) is 0. The van der Waals surface area contributed by atoms with Gasteiger partial charge < -0.3 is 4.74 Å². The van der Waals surface area contributed by atoms with Crippen molar-refractivity contribution in [1.82, 2.24) is 0 Å². The van der Waals surface area contributed by atoms with Crippen LogP contribution < -0.4 is 0 Å². The molecule has 0 atom stereocenters. The lowest BCUT2D eigenvalue weighted by molar-refractivity contribution is -0.121. The van der Waals surface area contributed by atoms with Crippen LogP contribution in [-0.4, -0.2) is 11.4 Å².